The van der Waals surface area contributed by atoms with E-state index < -0.39 is 11.4 Å². The highest BCUT2D eigenvalue weighted by atomic mass is 19.1. The van der Waals surface area contributed by atoms with E-state index in [0.29, 0.717) is 56.9 Å². The lowest BCUT2D eigenvalue weighted by Crippen LogP contribution is -2.57. The summed E-state index contributed by atoms with van der Waals surface area (Å²) in [6.45, 7) is 2.79. The van der Waals surface area contributed by atoms with Gasteiger partial charge in [0.25, 0.3) is 5.91 Å². The number of rotatable bonds is 5. The van der Waals surface area contributed by atoms with Crippen LogP contribution in [0.15, 0.2) is 42.7 Å². The molecule has 1 aromatic heterocycles. The van der Waals surface area contributed by atoms with Gasteiger partial charge in [-0.1, -0.05) is 0 Å². The van der Waals surface area contributed by atoms with Gasteiger partial charge in [-0.2, -0.15) is 0 Å². The third kappa shape index (κ3) is 3.97. The number of anilines is 1. The van der Waals surface area contributed by atoms with Gasteiger partial charge >= 0.3 is 0 Å². The molecule has 4 rings (SSSR count). The number of hydrogen-bond donors (Lipinski definition) is 2. The monoisotopic (exact) mass is 415 g/mol. The Bertz CT molecular complexity index is 929. The van der Waals surface area contributed by atoms with Crippen molar-refractivity contribution in [3.63, 3.8) is 0 Å². The van der Waals surface area contributed by atoms with Crippen molar-refractivity contribution in [2.75, 3.05) is 37.7 Å². The number of carbonyl (C=O) groups excluding carboxylic acids is 2. The van der Waals surface area contributed by atoms with Gasteiger partial charge in [0, 0.05) is 37.8 Å². The molecule has 158 valence electrons. The van der Waals surface area contributed by atoms with Gasteiger partial charge in [-0.25, -0.2) is 8.78 Å². The number of halogens is 2. The third-order valence-electron chi connectivity index (χ3n) is 5.84. The molecule has 0 aliphatic carbocycles. The minimum absolute atomic E-state index is 0.0453. The predicted octanol–water partition coefficient (Wildman–Crippen LogP) is 1.52. The van der Waals surface area contributed by atoms with Crippen molar-refractivity contribution >= 4 is 17.5 Å². The van der Waals surface area contributed by atoms with Crippen LogP contribution in [0.1, 0.15) is 23.2 Å². The lowest BCUT2D eigenvalue weighted by atomic mass is 9.85. The number of pyridine rings is 1. The molecule has 2 fully saturated rings. The Balaban J connectivity index is 1.32. The Morgan fingerprint density at radius 3 is 2.57 bits per heavy atom. The fourth-order valence-electron chi connectivity index (χ4n) is 4.15. The highest BCUT2D eigenvalue weighted by Crippen LogP contribution is 2.36. The second-order valence-electron chi connectivity index (χ2n) is 7.59. The molecule has 2 aromatic rings. The van der Waals surface area contributed by atoms with E-state index in [4.69, 9.17) is 0 Å². The van der Waals surface area contributed by atoms with Gasteiger partial charge < -0.3 is 20.4 Å². The largest absolute Gasteiger partial charge is 0.351 e. The van der Waals surface area contributed by atoms with Gasteiger partial charge in [-0.3, -0.25) is 14.6 Å². The average molecular weight is 415 g/mol. The molecule has 0 atom stereocenters. The molecule has 0 radical (unpaired) electrons. The van der Waals surface area contributed by atoms with E-state index in [2.05, 4.69) is 20.5 Å². The number of benzene rings is 1. The van der Waals surface area contributed by atoms with Crippen molar-refractivity contribution < 1.29 is 18.4 Å². The minimum atomic E-state index is -0.705. The highest BCUT2D eigenvalue weighted by molar-refractivity contribution is 5.94. The number of hydrogen-bond acceptors (Lipinski definition) is 5. The first-order valence-electron chi connectivity index (χ1n) is 9.91. The molecule has 2 saturated heterocycles. The van der Waals surface area contributed by atoms with Crippen LogP contribution in [-0.2, 0) is 4.79 Å². The Hall–Kier alpha value is -3.07. The number of nitrogens with one attached hydrogen (secondary N) is 2. The van der Waals surface area contributed by atoms with E-state index in [-0.39, 0.29) is 17.6 Å². The highest BCUT2D eigenvalue weighted by Gasteiger charge is 2.50. The molecule has 30 heavy (non-hydrogen) atoms. The summed E-state index contributed by atoms with van der Waals surface area (Å²) in [5, 5.41) is 5.71. The zero-order valence-electron chi connectivity index (χ0n) is 16.4. The molecule has 2 aliphatic heterocycles. The van der Waals surface area contributed by atoms with E-state index in [0.717, 1.165) is 6.20 Å². The van der Waals surface area contributed by atoms with Crippen molar-refractivity contribution in [2.24, 2.45) is 0 Å². The molecule has 0 bridgehead atoms. The second kappa shape index (κ2) is 8.35. The topological polar surface area (TPSA) is 77.6 Å². The maximum absolute atomic E-state index is 13.6. The number of nitrogens with zero attached hydrogens (tertiary/aromatic N) is 3. The molecule has 1 spiro atoms. The standard InChI is InChI=1S/C21H23F2N5O2/c22-16-3-1-15(2-4-16)19(29)25-7-10-27-8-5-21(6-9-27)20(30)26-14-28(21)18-11-17(23)12-24-13-18/h1-4,11-13H,5-10,14H2,(H,25,29)(H,26,30). The average Bonchev–Trinajstić information content (AvgIpc) is 3.05. The van der Waals surface area contributed by atoms with Crippen molar-refractivity contribution in [1.82, 2.24) is 20.5 Å². The first-order chi connectivity index (χ1) is 14.5. The summed E-state index contributed by atoms with van der Waals surface area (Å²) in [6.07, 6.45) is 3.91. The van der Waals surface area contributed by atoms with Crippen LogP contribution in [-0.4, -0.2) is 60.1 Å². The summed E-state index contributed by atoms with van der Waals surface area (Å²) >= 11 is 0. The zero-order valence-corrected chi connectivity index (χ0v) is 16.4. The SMILES string of the molecule is O=C(NCCN1CCC2(CC1)C(=O)NCN2c1cncc(F)c1)c1ccc(F)cc1. The summed E-state index contributed by atoms with van der Waals surface area (Å²) < 4.78 is 26.6. The van der Waals surface area contributed by atoms with Gasteiger partial charge in [0.15, 0.2) is 0 Å². The fraction of sp³-hybridized carbons (Fsp3) is 0.381. The summed E-state index contributed by atoms with van der Waals surface area (Å²) in [6, 6.07) is 6.80. The van der Waals surface area contributed by atoms with Crippen LogP contribution < -0.4 is 15.5 Å². The molecular formula is C21H23F2N5O2. The van der Waals surface area contributed by atoms with E-state index >= 15 is 0 Å². The van der Waals surface area contributed by atoms with Crippen LogP contribution >= 0.6 is 0 Å². The van der Waals surface area contributed by atoms with Crippen LogP contribution in [0.4, 0.5) is 14.5 Å². The molecule has 7 nitrogen and oxygen atoms in total. The number of carbonyl (C=O) groups is 2. The van der Waals surface area contributed by atoms with Gasteiger partial charge in [0.05, 0.1) is 24.7 Å². The maximum Gasteiger partial charge on any atom is 0.251 e. The van der Waals surface area contributed by atoms with Crippen molar-refractivity contribution in [3.05, 3.63) is 59.9 Å². The summed E-state index contributed by atoms with van der Waals surface area (Å²) in [7, 11) is 0. The molecule has 2 aliphatic rings. The van der Waals surface area contributed by atoms with Gasteiger partial charge in [0.2, 0.25) is 5.91 Å². The Morgan fingerprint density at radius 2 is 1.87 bits per heavy atom. The van der Waals surface area contributed by atoms with Crippen LogP contribution in [0, 0.1) is 11.6 Å². The number of likely N-dealkylation sites (tertiary alicyclic amines) is 1. The van der Waals surface area contributed by atoms with Gasteiger partial charge in [0.1, 0.15) is 17.2 Å². The second-order valence-corrected chi connectivity index (χ2v) is 7.59. The first kappa shape index (κ1) is 20.2. The molecule has 1 aromatic carbocycles. The van der Waals surface area contributed by atoms with Crippen LogP contribution in [0.2, 0.25) is 0 Å². The molecule has 2 N–H and O–H groups in total. The van der Waals surface area contributed by atoms with Crippen molar-refractivity contribution in [1.29, 1.82) is 0 Å². The molecule has 3 heterocycles. The lowest BCUT2D eigenvalue weighted by Gasteiger charge is -2.43. The van der Waals surface area contributed by atoms with Crippen molar-refractivity contribution in [3.8, 4) is 0 Å². The number of amides is 2. The summed E-state index contributed by atoms with van der Waals surface area (Å²) in [4.78, 5) is 32.8. The first-order valence-corrected chi connectivity index (χ1v) is 9.91. The van der Waals surface area contributed by atoms with Crippen LogP contribution in [0.5, 0.6) is 0 Å². The normalized spacial score (nSPS) is 18.5. The van der Waals surface area contributed by atoms with E-state index in [9.17, 15) is 18.4 Å². The fourth-order valence-corrected chi connectivity index (χ4v) is 4.15. The molecular weight excluding hydrogens is 392 g/mol. The molecule has 9 heteroatoms. The van der Waals surface area contributed by atoms with Crippen LogP contribution in [0.3, 0.4) is 0 Å². The van der Waals surface area contributed by atoms with Crippen molar-refractivity contribution in [2.45, 2.75) is 18.4 Å². The maximum atomic E-state index is 13.6. The third-order valence-corrected chi connectivity index (χ3v) is 5.84. The molecule has 2 amide bonds. The lowest BCUT2D eigenvalue weighted by molar-refractivity contribution is -0.125. The minimum Gasteiger partial charge on any atom is -0.351 e. The van der Waals surface area contributed by atoms with E-state index in [1.807, 2.05) is 4.90 Å². The summed E-state index contributed by atoms with van der Waals surface area (Å²) in [5.74, 6) is -1.11. The molecule has 0 unspecified atom stereocenters. The van der Waals surface area contributed by atoms with Gasteiger partial charge in [-0.05, 0) is 37.1 Å². The Labute approximate surface area is 173 Å². The van der Waals surface area contributed by atoms with Gasteiger partial charge in [-0.15, -0.1) is 0 Å². The predicted molar refractivity (Wildman–Crippen MR) is 107 cm³/mol. The number of aromatic nitrogens is 1. The summed E-state index contributed by atoms with van der Waals surface area (Å²) in [5.41, 5.74) is 0.299. The number of piperidine rings is 1. The van der Waals surface area contributed by atoms with E-state index in [1.165, 1.54) is 30.3 Å². The van der Waals surface area contributed by atoms with Crippen LogP contribution in [0.25, 0.3) is 0 Å². The Kier molecular flexibility index (Phi) is 5.63. The Morgan fingerprint density at radius 1 is 1.13 bits per heavy atom. The quantitative estimate of drug-likeness (QED) is 0.774. The van der Waals surface area contributed by atoms with E-state index in [1.54, 1.807) is 6.20 Å². The zero-order chi connectivity index (χ0) is 21.1. The smallest absolute Gasteiger partial charge is 0.251 e. The molecule has 0 saturated carbocycles.